The predicted molar refractivity (Wildman–Crippen MR) is 61.7 cm³/mol. The topological polar surface area (TPSA) is 46.5 Å². The average Bonchev–Trinajstić information content (AvgIpc) is 2.09. The summed E-state index contributed by atoms with van der Waals surface area (Å²) < 4.78 is 6.34. The summed E-state index contributed by atoms with van der Waals surface area (Å²) in [5.74, 6) is -0.178. The van der Waals surface area contributed by atoms with E-state index in [0.717, 1.165) is 9.13 Å². The fourth-order valence-electron chi connectivity index (χ4n) is 1.15. The monoisotopic (exact) mass is 306 g/mol. The minimum Gasteiger partial charge on any atom is -0.494 e. The number of carboxylic acid groups (broad SMARTS) is 1. The Hall–Kier alpha value is -0.780. The van der Waals surface area contributed by atoms with E-state index in [-0.39, 0.29) is 6.42 Å². The van der Waals surface area contributed by atoms with Gasteiger partial charge in [0.2, 0.25) is 0 Å². The van der Waals surface area contributed by atoms with Crippen LogP contribution in [-0.2, 0) is 11.2 Å². The van der Waals surface area contributed by atoms with Gasteiger partial charge in [-0.25, -0.2) is 0 Å². The Morgan fingerprint density at radius 3 is 2.86 bits per heavy atom. The highest BCUT2D eigenvalue weighted by atomic mass is 127. The molecular weight excluding hydrogens is 295 g/mol. The number of carbonyl (C=O) groups is 1. The molecule has 0 aromatic heterocycles. The number of ether oxygens (including phenoxy) is 1. The lowest BCUT2D eigenvalue weighted by molar-refractivity contribution is -0.136. The van der Waals surface area contributed by atoms with Crippen LogP contribution in [0.3, 0.4) is 0 Å². The van der Waals surface area contributed by atoms with Gasteiger partial charge in [0, 0.05) is 9.13 Å². The fraction of sp³-hybridized carbons (Fsp3) is 0.300. The maximum absolute atomic E-state index is 10.6. The van der Waals surface area contributed by atoms with Gasteiger partial charge in [-0.2, -0.15) is 0 Å². The molecular formula is C10H11IO3. The van der Waals surface area contributed by atoms with Crippen molar-refractivity contribution in [1.29, 1.82) is 0 Å². The van der Waals surface area contributed by atoms with Gasteiger partial charge in [-0.1, -0.05) is 0 Å². The normalized spacial score (nSPS) is 9.86. The Balaban J connectivity index is 2.96. The first kappa shape index (κ1) is 11.3. The summed E-state index contributed by atoms with van der Waals surface area (Å²) >= 11 is 2.15. The van der Waals surface area contributed by atoms with Crippen LogP contribution in [0.4, 0.5) is 0 Å². The van der Waals surface area contributed by atoms with Gasteiger partial charge in [0.25, 0.3) is 0 Å². The first-order chi connectivity index (χ1) is 6.63. The van der Waals surface area contributed by atoms with Gasteiger partial charge in [0.15, 0.2) is 0 Å². The molecule has 0 unspecified atom stereocenters. The van der Waals surface area contributed by atoms with Crippen molar-refractivity contribution in [2.45, 2.75) is 13.3 Å². The van der Waals surface area contributed by atoms with Gasteiger partial charge in [0.05, 0.1) is 13.0 Å². The molecule has 0 aliphatic rings. The van der Waals surface area contributed by atoms with Crippen LogP contribution in [0.1, 0.15) is 12.5 Å². The molecule has 0 atom stereocenters. The molecule has 0 fully saturated rings. The molecule has 1 rings (SSSR count). The first-order valence-electron chi connectivity index (χ1n) is 4.26. The van der Waals surface area contributed by atoms with Crippen molar-refractivity contribution in [2.75, 3.05) is 6.61 Å². The lowest BCUT2D eigenvalue weighted by Crippen LogP contribution is -2.04. The second kappa shape index (κ2) is 5.19. The van der Waals surface area contributed by atoms with Gasteiger partial charge in [-0.15, -0.1) is 0 Å². The molecule has 1 N–H and O–H groups in total. The molecule has 1 aromatic carbocycles. The highest BCUT2D eigenvalue weighted by Crippen LogP contribution is 2.21. The van der Waals surface area contributed by atoms with Crippen molar-refractivity contribution in [3.63, 3.8) is 0 Å². The van der Waals surface area contributed by atoms with E-state index in [9.17, 15) is 4.79 Å². The number of hydrogen-bond acceptors (Lipinski definition) is 2. The quantitative estimate of drug-likeness (QED) is 0.868. The van der Waals surface area contributed by atoms with E-state index in [1.54, 1.807) is 0 Å². The van der Waals surface area contributed by atoms with Crippen molar-refractivity contribution in [1.82, 2.24) is 0 Å². The number of aliphatic carboxylic acids is 1. The van der Waals surface area contributed by atoms with Crippen molar-refractivity contribution in [3.8, 4) is 5.75 Å². The lowest BCUT2D eigenvalue weighted by Gasteiger charge is -2.08. The third-order valence-corrected chi connectivity index (χ3v) is 2.34. The minimum atomic E-state index is -0.840. The van der Waals surface area contributed by atoms with E-state index in [0.29, 0.717) is 12.4 Å². The summed E-state index contributed by atoms with van der Waals surface area (Å²) in [5.41, 5.74) is 0.728. The third kappa shape index (κ3) is 3.17. The van der Waals surface area contributed by atoms with E-state index in [2.05, 4.69) is 22.6 Å². The Labute approximate surface area is 96.2 Å². The third-order valence-electron chi connectivity index (χ3n) is 1.66. The van der Waals surface area contributed by atoms with Crippen molar-refractivity contribution >= 4 is 28.6 Å². The number of benzene rings is 1. The van der Waals surface area contributed by atoms with Crippen LogP contribution in [0.5, 0.6) is 5.75 Å². The molecule has 0 heterocycles. The zero-order valence-electron chi connectivity index (χ0n) is 7.79. The standard InChI is InChI=1S/C10H11IO3/c1-2-14-9-4-3-8(11)5-7(9)6-10(12)13/h3-5H,2,6H2,1H3,(H,12,13). The molecule has 0 saturated carbocycles. The molecule has 0 amide bonds. The predicted octanol–water partition coefficient (Wildman–Crippen LogP) is 2.32. The van der Waals surface area contributed by atoms with E-state index in [1.165, 1.54) is 0 Å². The molecule has 0 saturated heterocycles. The molecule has 3 nitrogen and oxygen atoms in total. The molecule has 0 aliphatic carbocycles. The summed E-state index contributed by atoms with van der Waals surface area (Å²) in [6.45, 7) is 2.43. The van der Waals surface area contributed by atoms with Crippen molar-refractivity contribution < 1.29 is 14.6 Å². The molecule has 4 heteroatoms. The molecule has 0 aliphatic heterocycles. The molecule has 1 aromatic rings. The van der Waals surface area contributed by atoms with Gasteiger partial charge < -0.3 is 9.84 Å². The van der Waals surface area contributed by atoms with Crippen LogP contribution < -0.4 is 4.74 Å². The number of carboxylic acids is 1. The zero-order chi connectivity index (χ0) is 10.6. The number of hydrogen-bond donors (Lipinski definition) is 1. The maximum atomic E-state index is 10.6. The van der Waals surface area contributed by atoms with Gasteiger partial charge in [-0.05, 0) is 47.7 Å². The van der Waals surface area contributed by atoms with E-state index < -0.39 is 5.97 Å². The summed E-state index contributed by atoms with van der Waals surface area (Å²) in [7, 11) is 0. The van der Waals surface area contributed by atoms with Gasteiger partial charge in [0.1, 0.15) is 5.75 Å². The highest BCUT2D eigenvalue weighted by Gasteiger charge is 2.07. The van der Waals surface area contributed by atoms with Crippen molar-refractivity contribution in [2.24, 2.45) is 0 Å². The Morgan fingerprint density at radius 2 is 2.29 bits per heavy atom. The van der Waals surface area contributed by atoms with Crippen LogP contribution >= 0.6 is 22.6 Å². The van der Waals surface area contributed by atoms with Crippen LogP contribution in [0.15, 0.2) is 18.2 Å². The molecule has 0 radical (unpaired) electrons. The van der Waals surface area contributed by atoms with Gasteiger partial charge in [-0.3, -0.25) is 4.79 Å². The maximum Gasteiger partial charge on any atom is 0.307 e. The van der Waals surface area contributed by atoms with Crippen molar-refractivity contribution in [3.05, 3.63) is 27.3 Å². The molecule has 0 bridgehead atoms. The van der Waals surface area contributed by atoms with E-state index in [1.807, 2.05) is 25.1 Å². The Morgan fingerprint density at radius 1 is 1.57 bits per heavy atom. The Kier molecular flexibility index (Phi) is 4.19. The summed E-state index contributed by atoms with van der Waals surface area (Å²) in [4.78, 5) is 10.6. The fourth-order valence-corrected chi connectivity index (χ4v) is 1.70. The summed E-state index contributed by atoms with van der Waals surface area (Å²) in [6.07, 6.45) is 0.00613. The highest BCUT2D eigenvalue weighted by molar-refractivity contribution is 14.1. The summed E-state index contributed by atoms with van der Waals surface area (Å²) in [5, 5.41) is 8.69. The number of rotatable bonds is 4. The van der Waals surface area contributed by atoms with Crippen LogP contribution in [-0.4, -0.2) is 17.7 Å². The Bertz CT molecular complexity index is 336. The lowest BCUT2D eigenvalue weighted by atomic mass is 10.1. The molecule has 0 spiro atoms. The van der Waals surface area contributed by atoms with Crippen LogP contribution in [0.25, 0.3) is 0 Å². The smallest absolute Gasteiger partial charge is 0.307 e. The van der Waals surface area contributed by atoms with Crippen LogP contribution in [0, 0.1) is 3.57 Å². The zero-order valence-corrected chi connectivity index (χ0v) is 9.95. The van der Waals surface area contributed by atoms with Gasteiger partial charge >= 0.3 is 5.97 Å². The number of halogens is 1. The minimum absolute atomic E-state index is 0.00613. The molecule has 76 valence electrons. The average molecular weight is 306 g/mol. The van der Waals surface area contributed by atoms with Crippen LogP contribution in [0.2, 0.25) is 0 Å². The SMILES string of the molecule is CCOc1ccc(I)cc1CC(=O)O. The second-order valence-electron chi connectivity index (χ2n) is 2.76. The first-order valence-corrected chi connectivity index (χ1v) is 5.34. The molecule has 14 heavy (non-hydrogen) atoms. The second-order valence-corrected chi connectivity index (χ2v) is 4.00. The summed E-state index contributed by atoms with van der Waals surface area (Å²) in [6, 6.07) is 5.54. The van der Waals surface area contributed by atoms with E-state index >= 15 is 0 Å². The van der Waals surface area contributed by atoms with E-state index in [4.69, 9.17) is 9.84 Å². The largest absolute Gasteiger partial charge is 0.494 e.